The summed E-state index contributed by atoms with van der Waals surface area (Å²) < 4.78 is 19.2. The minimum absolute atomic E-state index is 0.113. The molecule has 0 spiro atoms. The molecule has 1 aromatic carbocycles. The molecular formula is C17H22ClFN2O2. The van der Waals surface area contributed by atoms with E-state index in [1.54, 1.807) is 6.07 Å². The average molecular weight is 341 g/mol. The van der Waals surface area contributed by atoms with Crippen molar-refractivity contribution in [3.05, 3.63) is 29.0 Å². The summed E-state index contributed by atoms with van der Waals surface area (Å²) in [5, 5.41) is 0.129. The van der Waals surface area contributed by atoms with Gasteiger partial charge in [0.05, 0.1) is 17.1 Å². The molecular weight excluding hydrogens is 319 g/mol. The van der Waals surface area contributed by atoms with Crippen LogP contribution in [0, 0.1) is 5.82 Å². The Kier molecular flexibility index (Phi) is 4.17. The molecule has 126 valence electrons. The van der Waals surface area contributed by atoms with E-state index in [0.717, 1.165) is 18.5 Å². The summed E-state index contributed by atoms with van der Waals surface area (Å²) in [6, 6.07) is 5.09. The normalized spacial score (nSPS) is 24.0. The van der Waals surface area contributed by atoms with E-state index >= 15 is 0 Å². The molecule has 2 aliphatic rings. The van der Waals surface area contributed by atoms with Crippen molar-refractivity contribution >= 4 is 23.4 Å². The van der Waals surface area contributed by atoms with Crippen LogP contribution in [0.25, 0.3) is 0 Å². The fourth-order valence-corrected chi connectivity index (χ4v) is 3.53. The first-order valence-electron chi connectivity index (χ1n) is 7.96. The zero-order chi connectivity index (χ0) is 16.8. The van der Waals surface area contributed by atoms with Gasteiger partial charge in [-0.2, -0.15) is 0 Å². The van der Waals surface area contributed by atoms with Crippen molar-refractivity contribution in [2.24, 2.45) is 0 Å². The smallest absolute Gasteiger partial charge is 0.410 e. The third kappa shape index (κ3) is 3.39. The summed E-state index contributed by atoms with van der Waals surface area (Å²) in [5.41, 5.74) is 0.320. The molecule has 0 N–H and O–H groups in total. The van der Waals surface area contributed by atoms with Gasteiger partial charge in [-0.1, -0.05) is 11.6 Å². The summed E-state index contributed by atoms with van der Waals surface area (Å²) in [4.78, 5) is 16.4. The van der Waals surface area contributed by atoms with Crippen LogP contribution in [0.3, 0.4) is 0 Å². The largest absolute Gasteiger partial charge is 0.444 e. The summed E-state index contributed by atoms with van der Waals surface area (Å²) in [6.45, 7) is 7.01. The molecule has 2 fully saturated rings. The van der Waals surface area contributed by atoms with Crippen molar-refractivity contribution in [3.8, 4) is 0 Å². The van der Waals surface area contributed by atoms with Crippen molar-refractivity contribution in [2.75, 3.05) is 18.0 Å². The van der Waals surface area contributed by atoms with Crippen LogP contribution in [0.15, 0.2) is 18.2 Å². The van der Waals surface area contributed by atoms with Crippen LogP contribution >= 0.6 is 11.6 Å². The first-order valence-corrected chi connectivity index (χ1v) is 8.34. The molecule has 0 aliphatic carbocycles. The lowest BCUT2D eigenvalue weighted by Gasteiger charge is -2.42. The van der Waals surface area contributed by atoms with Gasteiger partial charge in [-0.25, -0.2) is 9.18 Å². The third-order valence-electron chi connectivity index (χ3n) is 4.35. The molecule has 0 aromatic heterocycles. The highest BCUT2D eigenvalue weighted by Gasteiger charge is 2.44. The van der Waals surface area contributed by atoms with E-state index in [9.17, 15) is 9.18 Å². The molecule has 1 amide bonds. The van der Waals surface area contributed by atoms with Crippen LogP contribution < -0.4 is 4.90 Å². The Hall–Kier alpha value is -1.49. The topological polar surface area (TPSA) is 32.8 Å². The maximum Gasteiger partial charge on any atom is 0.410 e. The van der Waals surface area contributed by atoms with Crippen molar-refractivity contribution in [3.63, 3.8) is 0 Å². The van der Waals surface area contributed by atoms with Crippen LogP contribution in [-0.2, 0) is 4.74 Å². The maximum atomic E-state index is 13.7. The van der Waals surface area contributed by atoms with Gasteiger partial charge in [0, 0.05) is 18.8 Å². The van der Waals surface area contributed by atoms with E-state index in [1.165, 1.54) is 6.07 Å². The zero-order valence-corrected chi connectivity index (χ0v) is 14.4. The molecule has 2 aliphatic heterocycles. The Bertz CT molecular complexity index is 603. The number of carbonyl (C=O) groups excluding carboxylic acids is 1. The van der Waals surface area contributed by atoms with Crippen molar-refractivity contribution in [2.45, 2.75) is 51.3 Å². The van der Waals surface area contributed by atoms with E-state index in [4.69, 9.17) is 16.3 Å². The number of amides is 1. The number of nitrogens with zero attached hydrogens (tertiary/aromatic N) is 2. The van der Waals surface area contributed by atoms with Gasteiger partial charge in [-0.05, 0) is 51.8 Å². The number of anilines is 1. The monoisotopic (exact) mass is 340 g/mol. The van der Waals surface area contributed by atoms with Crippen LogP contribution in [0.1, 0.15) is 33.6 Å². The molecule has 2 bridgehead atoms. The number of carbonyl (C=O) groups is 1. The quantitative estimate of drug-likeness (QED) is 0.772. The summed E-state index contributed by atoms with van der Waals surface area (Å²) >= 11 is 5.75. The fourth-order valence-electron chi connectivity index (χ4n) is 3.41. The van der Waals surface area contributed by atoms with Crippen LogP contribution in [-0.4, -0.2) is 41.8 Å². The van der Waals surface area contributed by atoms with Crippen LogP contribution in [0.5, 0.6) is 0 Å². The van der Waals surface area contributed by atoms with Gasteiger partial charge in [-0.15, -0.1) is 0 Å². The lowest BCUT2D eigenvalue weighted by atomic mass is 10.1. The molecule has 2 saturated heterocycles. The lowest BCUT2D eigenvalue weighted by molar-refractivity contribution is 0.0123. The second-order valence-electron chi connectivity index (χ2n) is 7.28. The number of fused-ring (bicyclic) bond motifs is 2. The molecule has 0 radical (unpaired) electrons. The number of benzene rings is 1. The zero-order valence-electron chi connectivity index (χ0n) is 13.7. The summed E-state index contributed by atoms with van der Waals surface area (Å²) in [5.74, 6) is -0.411. The van der Waals surface area contributed by atoms with Gasteiger partial charge in [0.1, 0.15) is 11.4 Å². The van der Waals surface area contributed by atoms with Crippen molar-refractivity contribution < 1.29 is 13.9 Å². The third-order valence-corrected chi connectivity index (χ3v) is 4.66. The number of halogens is 2. The molecule has 0 saturated carbocycles. The van der Waals surface area contributed by atoms with E-state index in [1.807, 2.05) is 31.7 Å². The second kappa shape index (κ2) is 5.86. The Balaban J connectivity index is 1.74. The van der Waals surface area contributed by atoms with Gasteiger partial charge in [-0.3, -0.25) is 4.90 Å². The molecule has 1 aromatic rings. The lowest BCUT2D eigenvalue weighted by Crippen LogP contribution is -2.56. The predicted molar refractivity (Wildman–Crippen MR) is 88.5 cm³/mol. The van der Waals surface area contributed by atoms with E-state index in [2.05, 4.69) is 4.90 Å². The van der Waals surface area contributed by atoms with E-state index in [-0.39, 0.29) is 23.2 Å². The number of hydrogen-bond acceptors (Lipinski definition) is 3. The van der Waals surface area contributed by atoms with Gasteiger partial charge >= 0.3 is 6.09 Å². The minimum atomic E-state index is -0.493. The first-order chi connectivity index (χ1) is 10.7. The Morgan fingerprint density at radius 3 is 2.39 bits per heavy atom. The summed E-state index contributed by atoms with van der Waals surface area (Å²) in [7, 11) is 0. The second-order valence-corrected chi connectivity index (χ2v) is 7.68. The minimum Gasteiger partial charge on any atom is -0.444 e. The SMILES string of the molecule is CC(C)(C)OC(=O)N1C2CCC1CN(c1ccc(Cl)c(F)c1)C2. The number of hydrogen-bond donors (Lipinski definition) is 0. The number of ether oxygens (including phenoxy) is 1. The molecule has 3 rings (SSSR count). The average Bonchev–Trinajstić information content (AvgIpc) is 2.71. The van der Waals surface area contributed by atoms with E-state index in [0.29, 0.717) is 13.1 Å². The Morgan fingerprint density at radius 1 is 1.26 bits per heavy atom. The predicted octanol–water partition coefficient (Wildman–Crippen LogP) is 4.07. The Labute approximate surface area is 141 Å². The molecule has 2 unspecified atom stereocenters. The molecule has 4 nitrogen and oxygen atoms in total. The van der Waals surface area contributed by atoms with Gasteiger partial charge in [0.2, 0.25) is 0 Å². The number of piperazine rings is 1. The maximum absolute atomic E-state index is 13.7. The van der Waals surface area contributed by atoms with Gasteiger partial charge < -0.3 is 9.64 Å². The number of rotatable bonds is 1. The summed E-state index contributed by atoms with van der Waals surface area (Å²) in [6.07, 6.45) is 1.67. The van der Waals surface area contributed by atoms with Gasteiger partial charge in [0.15, 0.2) is 0 Å². The molecule has 23 heavy (non-hydrogen) atoms. The van der Waals surface area contributed by atoms with Crippen molar-refractivity contribution in [1.29, 1.82) is 0 Å². The first kappa shape index (κ1) is 16.4. The molecule has 6 heteroatoms. The molecule has 2 heterocycles. The molecule has 2 atom stereocenters. The van der Waals surface area contributed by atoms with Crippen LogP contribution in [0.4, 0.5) is 14.9 Å². The van der Waals surface area contributed by atoms with Crippen LogP contribution in [0.2, 0.25) is 5.02 Å². The Morgan fingerprint density at radius 2 is 1.87 bits per heavy atom. The van der Waals surface area contributed by atoms with E-state index < -0.39 is 11.4 Å². The standard InChI is InChI=1S/C17H22ClFN2O2/c1-17(2,3)23-16(22)21-12-4-5-13(21)10-20(9-12)11-6-7-14(18)15(19)8-11/h6-8,12-13H,4-5,9-10H2,1-3H3. The fraction of sp³-hybridized carbons (Fsp3) is 0.588. The van der Waals surface area contributed by atoms with Gasteiger partial charge in [0.25, 0.3) is 0 Å². The van der Waals surface area contributed by atoms with Crippen molar-refractivity contribution in [1.82, 2.24) is 4.90 Å². The highest BCUT2D eigenvalue weighted by atomic mass is 35.5. The highest BCUT2D eigenvalue weighted by molar-refractivity contribution is 6.30. The highest BCUT2D eigenvalue weighted by Crippen LogP contribution is 2.34.